The number of carbonyl (C=O) groups is 1. The van der Waals surface area contributed by atoms with Crippen LogP contribution in [0.1, 0.15) is 43.0 Å². The number of oxime groups is 1. The number of amides is 1. The van der Waals surface area contributed by atoms with E-state index >= 15 is 0 Å². The van der Waals surface area contributed by atoms with E-state index in [0.717, 1.165) is 53.4 Å². The Morgan fingerprint density at radius 3 is 1.56 bits per heavy atom. The Morgan fingerprint density at radius 2 is 1.26 bits per heavy atom. The van der Waals surface area contributed by atoms with Crippen molar-refractivity contribution in [3.8, 4) is 0 Å². The van der Waals surface area contributed by atoms with Gasteiger partial charge in [-0.25, -0.2) is 4.79 Å². The Bertz CT molecular complexity index is 948. The molecule has 0 fully saturated rings. The molecular formula is C23H24F6N2O3. The number of halogens is 6. The number of rotatable bonds is 6. The van der Waals surface area contributed by atoms with Crippen molar-refractivity contribution in [2.75, 3.05) is 13.6 Å². The van der Waals surface area contributed by atoms with E-state index in [1.54, 1.807) is 20.8 Å². The van der Waals surface area contributed by atoms with Crippen LogP contribution < -0.4 is 0 Å². The molecule has 0 saturated carbocycles. The van der Waals surface area contributed by atoms with Gasteiger partial charge in [-0.2, -0.15) is 26.3 Å². The molecule has 0 aliphatic heterocycles. The Balaban J connectivity index is 2.51. The van der Waals surface area contributed by atoms with E-state index in [2.05, 4.69) is 5.16 Å². The van der Waals surface area contributed by atoms with Crippen molar-refractivity contribution in [1.82, 2.24) is 4.90 Å². The minimum atomic E-state index is -4.57. The summed E-state index contributed by atoms with van der Waals surface area (Å²) in [4.78, 5) is 17.8. The second-order valence-electron chi connectivity index (χ2n) is 8.71. The Hall–Kier alpha value is -3.24. The molecule has 34 heavy (non-hydrogen) atoms. The molecule has 2 rings (SSSR count). The molecule has 0 spiro atoms. The van der Waals surface area contributed by atoms with E-state index in [-0.39, 0.29) is 23.4 Å². The van der Waals surface area contributed by atoms with Crippen LogP contribution in [0.25, 0.3) is 0 Å². The van der Waals surface area contributed by atoms with E-state index in [4.69, 9.17) is 9.94 Å². The van der Waals surface area contributed by atoms with Crippen LogP contribution in [0.2, 0.25) is 0 Å². The van der Waals surface area contributed by atoms with Crippen LogP contribution in [0, 0.1) is 5.41 Å². The predicted molar refractivity (Wildman–Crippen MR) is 114 cm³/mol. The Kier molecular flexibility index (Phi) is 7.90. The van der Waals surface area contributed by atoms with Crippen LogP contribution >= 0.6 is 0 Å². The molecule has 2 aromatic carbocycles. The van der Waals surface area contributed by atoms with Crippen LogP contribution in [0.4, 0.5) is 31.1 Å². The summed E-state index contributed by atoms with van der Waals surface area (Å²) < 4.78 is 77.7. The van der Waals surface area contributed by atoms with Gasteiger partial charge in [0.25, 0.3) is 0 Å². The molecule has 0 heterocycles. The number of carboxylic acid groups (broad SMARTS) is 1. The van der Waals surface area contributed by atoms with Crippen molar-refractivity contribution >= 4 is 11.8 Å². The molecule has 1 atom stereocenters. The first-order chi connectivity index (χ1) is 15.5. The predicted octanol–water partition coefficient (Wildman–Crippen LogP) is 6.52. The summed E-state index contributed by atoms with van der Waals surface area (Å²) >= 11 is 0. The largest absolute Gasteiger partial charge is 0.465 e. The number of benzene rings is 2. The van der Waals surface area contributed by atoms with Gasteiger partial charge in [-0.3, -0.25) is 0 Å². The molecule has 0 saturated heterocycles. The van der Waals surface area contributed by atoms with Crippen LogP contribution in [-0.4, -0.2) is 41.5 Å². The van der Waals surface area contributed by atoms with Gasteiger partial charge in [0.1, 0.15) is 11.8 Å². The highest BCUT2D eigenvalue weighted by Crippen LogP contribution is 2.31. The van der Waals surface area contributed by atoms with Gasteiger partial charge in [-0.1, -0.05) is 50.2 Å². The van der Waals surface area contributed by atoms with Gasteiger partial charge in [0.15, 0.2) is 0 Å². The summed E-state index contributed by atoms with van der Waals surface area (Å²) in [6.45, 7) is 5.26. The fourth-order valence-electron chi connectivity index (χ4n) is 2.81. The maximum atomic E-state index is 13.0. The summed E-state index contributed by atoms with van der Waals surface area (Å²) in [5, 5.41) is 13.2. The zero-order valence-corrected chi connectivity index (χ0v) is 18.8. The van der Waals surface area contributed by atoms with Crippen molar-refractivity contribution in [2.45, 2.75) is 39.2 Å². The van der Waals surface area contributed by atoms with Crippen LogP contribution in [0.3, 0.4) is 0 Å². The Morgan fingerprint density at radius 1 is 0.882 bits per heavy atom. The zero-order chi connectivity index (χ0) is 25.9. The molecule has 2 aromatic rings. The van der Waals surface area contributed by atoms with E-state index in [1.165, 1.54) is 7.05 Å². The molecule has 0 radical (unpaired) electrons. The molecule has 0 aromatic heterocycles. The van der Waals surface area contributed by atoms with Crippen molar-refractivity contribution in [3.05, 3.63) is 70.8 Å². The van der Waals surface area contributed by atoms with Gasteiger partial charge in [0.2, 0.25) is 0 Å². The van der Waals surface area contributed by atoms with E-state index in [9.17, 15) is 31.1 Å². The lowest BCUT2D eigenvalue weighted by molar-refractivity contribution is -0.138. The summed E-state index contributed by atoms with van der Waals surface area (Å²) in [5.74, 6) is 0. The van der Waals surface area contributed by atoms with Crippen molar-refractivity contribution in [2.24, 2.45) is 10.6 Å². The highest BCUT2D eigenvalue weighted by atomic mass is 19.4. The average Bonchev–Trinajstić information content (AvgIpc) is 2.71. The molecule has 1 amide bonds. The fraction of sp³-hybridized carbons (Fsp3) is 0.391. The van der Waals surface area contributed by atoms with Gasteiger partial charge in [0.05, 0.1) is 17.7 Å². The summed E-state index contributed by atoms with van der Waals surface area (Å²) in [6, 6.07) is 7.86. The number of alkyl halides is 6. The summed E-state index contributed by atoms with van der Waals surface area (Å²) in [6.07, 6.45) is -11.1. The van der Waals surface area contributed by atoms with Crippen molar-refractivity contribution in [3.63, 3.8) is 0 Å². The van der Waals surface area contributed by atoms with Crippen LogP contribution in [0.15, 0.2) is 53.7 Å². The van der Waals surface area contributed by atoms with Gasteiger partial charge >= 0.3 is 18.4 Å². The van der Waals surface area contributed by atoms with E-state index in [0.29, 0.717) is 0 Å². The first kappa shape index (κ1) is 27.0. The minimum absolute atomic E-state index is 0.00493. The first-order valence-electron chi connectivity index (χ1n) is 10.0. The number of hydrogen-bond donors (Lipinski definition) is 1. The molecule has 1 unspecified atom stereocenters. The summed E-state index contributed by atoms with van der Waals surface area (Å²) in [7, 11) is 1.33. The van der Waals surface area contributed by atoms with Gasteiger partial charge in [-0.15, -0.1) is 0 Å². The highest BCUT2D eigenvalue weighted by molar-refractivity contribution is 6.12. The highest BCUT2D eigenvalue weighted by Gasteiger charge is 2.32. The lowest BCUT2D eigenvalue weighted by Gasteiger charge is -2.31. The minimum Gasteiger partial charge on any atom is -0.465 e. The fourth-order valence-corrected chi connectivity index (χ4v) is 2.81. The van der Waals surface area contributed by atoms with Crippen molar-refractivity contribution < 1.29 is 41.1 Å². The van der Waals surface area contributed by atoms with Gasteiger partial charge in [0, 0.05) is 23.6 Å². The molecular weight excluding hydrogens is 466 g/mol. The standard InChI is InChI=1S/C23H24F6N2O3/c1-21(2,3)18(13-31(4)20(32)33)34-30-19(14-5-9-16(10-6-14)22(24,25)26)15-7-11-17(12-8-15)23(27,28)29/h5-12,18H,13H2,1-4H3,(H,32,33). The molecule has 0 aliphatic rings. The number of nitrogens with zero attached hydrogens (tertiary/aromatic N) is 2. The van der Waals surface area contributed by atoms with Gasteiger partial charge < -0.3 is 14.8 Å². The number of likely N-dealkylation sites (N-methyl/N-ethyl adjacent to an activating group) is 1. The SMILES string of the molecule is CN(CC(ON=C(c1ccc(C(F)(F)F)cc1)c1ccc(C(F)(F)F)cc1)C(C)(C)C)C(=O)O. The Labute approximate surface area is 192 Å². The van der Waals surface area contributed by atoms with Crippen LogP contribution in [0.5, 0.6) is 0 Å². The third-order valence-corrected chi connectivity index (χ3v) is 4.97. The van der Waals surface area contributed by atoms with Crippen LogP contribution in [-0.2, 0) is 17.2 Å². The third kappa shape index (κ3) is 7.13. The average molecular weight is 490 g/mol. The normalized spacial score (nSPS) is 13.2. The van der Waals surface area contributed by atoms with E-state index in [1.807, 2.05) is 0 Å². The lowest BCUT2D eigenvalue weighted by Crippen LogP contribution is -2.41. The zero-order valence-electron chi connectivity index (χ0n) is 18.8. The molecule has 1 N–H and O–H groups in total. The molecule has 11 heteroatoms. The smallest absolute Gasteiger partial charge is 0.416 e. The second-order valence-corrected chi connectivity index (χ2v) is 8.71. The molecule has 5 nitrogen and oxygen atoms in total. The third-order valence-electron chi connectivity index (χ3n) is 4.97. The lowest BCUT2D eigenvalue weighted by atomic mass is 9.89. The maximum absolute atomic E-state index is 13.0. The van der Waals surface area contributed by atoms with Crippen molar-refractivity contribution in [1.29, 1.82) is 0 Å². The summed E-state index contributed by atoms with van der Waals surface area (Å²) in [5.41, 5.74) is -2.06. The number of hydrogen-bond acceptors (Lipinski definition) is 3. The second kappa shape index (κ2) is 9.94. The topological polar surface area (TPSA) is 62.1 Å². The molecule has 0 bridgehead atoms. The first-order valence-corrected chi connectivity index (χ1v) is 10.0. The van der Waals surface area contributed by atoms with Gasteiger partial charge in [-0.05, 0) is 24.3 Å². The quantitative estimate of drug-likeness (QED) is 0.285. The molecule has 0 aliphatic carbocycles. The maximum Gasteiger partial charge on any atom is 0.416 e. The monoisotopic (exact) mass is 490 g/mol. The van der Waals surface area contributed by atoms with E-state index < -0.39 is 41.1 Å². The molecule has 186 valence electrons.